The average molecular weight is 520 g/mol. The maximum Gasteiger partial charge on any atom is 0.264 e. The molecule has 0 atom stereocenters. The average Bonchev–Trinajstić information content (AvgIpc) is 2.79. The zero-order valence-corrected chi connectivity index (χ0v) is 20.8. The maximum absolute atomic E-state index is 13.5. The molecule has 0 radical (unpaired) electrons. The highest BCUT2D eigenvalue weighted by molar-refractivity contribution is 7.92. The lowest BCUT2D eigenvalue weighted by Gasteiger charge is -2.25. The highest BCUT2D eigenvalue weighted by atomic mass is 35.5. The van der Waals surface area contributed by atoms with Crippen molar-refractivity contribution >= 4 is 56.4 Å². The molecule has 2 amide bonds. The van der Waals surface area contributed by atoms with E-state index in [1.807, 2.05) is 13.8 Å². The number of hydrogen-bond donors (Lipinski definition) is 2. The van der Waals surface area contributed by atoms with Crippen LogP contribution in [0.4, 0.5) is 11.4 Å². The lowest BCUT2D eigenvalue weighted by Crippen LogP contribution is -2.38. The van der Waals surface area contributed by atoms with Gasteiger partial charge in [-0.25, -0.2) is 8.42 Å². The molecule has 7 nitrogen and oxygen atoms in total. The Kier molecular flexibility index (Phi) is 8.19. The molecule has 0 aliphatic carbocycles. The van der Waals surface area contributed by atoms with Gasteiger partial charge < -0.3 is 10.6 Å². The highest BCUT2D eigenvalue weighted by Crippen LogP contribution is 2.33. The molecule has 0 unspecified atom stereocenters. The number of halogens is 2. The van der Waals surface area contributed by atoms with Gasteiger partial charge in [0, 0.05) is 11.1 Å². The smallest absolute Gasteiger partial charge is 0.264 e. The number of carbonyl (C=O) groups is 2. The van der Waals surface area contributed by atoms with E-state index < -0.39 is 22.5 Å². The topological polar surface area (TPSA) is 95.6 Å². The molecular formula is C24H23Cl2N3O4S. The maximum atomic E-state index is 13.5. The molecule has 0 saturated heterocycles. The van der Waals surface area contributed by atoms with Crippen LogP contribution in [0.3, 0.4) is 0 Å². The summed E-state index contributed by atoms with van der Waals surface area (Å²) in [6, 6.07) is 18.4. The third kappa shape index (κ3) is 6.08. The lowest BCUT2D eigenvalue weighted by atomic mass is 10.1. The van der Waals surface area contributed by atoms with Gasteiger partial charge in [-0.05, 0) is 56.3 Å². The number of sulfonamides is 1. The predicted molar refractivity (Wildman–Crippen MR) is 135 cm³/mol. The van der Waals surface area contributed by atoms with Gasteiger partial charge in [0.25, 0.3) is 15.9 Å². The Labute approximate surface area is 208 Å². The van der Waals surface area contributed by atoms with Crippen molar-refractivity contribution in [3.05, 3.63) is 88.4 Å². The van der Waals surface area contributed by atoms with Crippen LogP contribution in [0.25, 0.3) is 0 Å². The van der Waals surface area contributed by atoms with E-state index in [4.69, 9.17) is 23.2 Å². The molecule has 0 aromatic heterocycles. The van der Waals surface area contributed by atoms with E-state index in [1.165, 1.54) is 30.3 Å². The molecule has 0 spiro atoms. The number of carbonyl (C=O) groups excluding carboxylic acids is 2. The Balaban J connectivity index is 1.97. The molecule has 0 aliphatic rings. The van der Waals surface area contributed by atoms with Crippen molar-refractivity contribution in [2.45, 2.75) is 24.8 Å². The fraction of sp³-hybridized carbons (Fsp3) is 0.167. The summed E-state index contributed by atoms with van der Waals surface area (Å²) >= 11 is 12.4. The first-order chi connectivity index (χ1) is 16.1. The van der Waals surface area contributed by atoms with Gasteiger partial charge in [0.15, 0.2) is 0 Å². The second kappa shape index (κ2) is 10.9. The van der Waals surface area contributed by atoms with Crippen LogP contribution < -0.4 is 14.9 Å². The zero-order chi connectivity index (χ0) is 24.9. The molecule has 3 aromatic carbocycles. The van der Waals surface area contributed by atoms with Crippen LogP contribution in [0.1, 0.15) is 24.2 Å². The molecule has 0 aliphatic heterocycles. The van der Waals surface area contributed by atoms with Crippen LogP contribution in [0.15, 0.2) is 77.7 Å². The number of para-hydroxylation sites is 1. The van der Waals surface area contributed by atoms with Crippen LogP contribution in [0.2, 0.25) is 10.0 Å². The standard InChI is InChI=1S/C24H23Cl2N3O4S/c1-16(2)27-24(31)19-10-6-7-11-21(19)28-23(30)15-29(22-14-17(25)12-13-20(22)26)34(32,33)18-8-4-3-5-9-18/h3-14,16H,15H2,1-2H3,(H,27,31)(H,28,30). The minimum Gasteiger partial charge on any atom is -0.350 e. The van der Waals surface area contributed by atoms with Gasteiger partial charge in [-0.2, -0.15) is 0 Å². The van der Waals surface area contributed by atoms with Crippen molar-refractivity contribution < 1.29 is 18.0 Å². The first-order valence-corrected chi connectivity index (χ1v) is 12.5. The van der Waals surface area contributed by atoms with Crippen LogP contribution in [0, 0.1) is 0 Å². The minimum absolute atomic E-state index is 0.0180. The number of nitrogens with one attached hydrogen (secondary N) is 2. The molecular weight excluding hydrogens is 497 g/mol. The third-order valence-corrected chi connectivity index (χ3v) is 6.99. The largest absolute Gasteiger partial charge is 0.350 e. The fourth-order valence-corrected chi connectivity index (χ4v) is 5.04. The van der Waals surface area contributed by atoms with Crippen LogP contribution >= 0.6 is 23.2 Å². The second-order valence-corrected chi connectivity index (χ2v) is 10.3. The number of anilines is 2. The lowest BCUT2D eigenvalue weighted by molar-refractivity contribution is -0.114. The van der Waals surface area contributed by atoms with Crippen LogP contribution in [-0.2, 0) is 14.8 Å². The summed E-state index contributed by atoms with van der Waals surface area (Å²) in [6.07, 6.45) is 0. The third-order valence-electron chi connectivity index (χ3n) is 4.66. The number of nitrogens with zero attached hydrogens (tertiary/aromatic N) is 1. The van der Waals surface area contributed by atoms with Crippen molar-refractivity contribution in [3.63, 3.8) is 0 Å². The van der Waals surface area contributed by atoms with E-state index in [-0.39, 0.29) is 43.8 Å². The van der Waals surface area contributed by atoms with Gasteiger partial charge in [-0.1, -0.05) is 53.5 Å². The first kappa shape index (κ1) is 25.6. The number of benzene rings is 3. The first-order valence-electron chi connectivity index (χ1n) is 10.3. The molecule has 3 aromatic rings. The number of hydrogen-bond acceptors (Lipinski definition) is 4. The van der Waals surface area contributed by atoms with Crippen molar-refractivity contribution in [3.8, 4) is 0 Å². The molecule has 0 bridgehead atoms. The molecule has 2 N–H and O–H groups in total. The monoisotopic (exact) mass is 519 g/mol. The molecule has 10 heteroatoms. The van der Waals surface area contributed by atoms with E-state index in [0.717, 1.165) is 4.31 Å². The van der Waals surface area contributed by atoms with Gasteiger partial charge in [-0.15, -0.1) is 0 Å². The highest BCUT2D eigenvalue weighted by Gasteiger charge is 2.29. The minimum atomic E-state index is -4.17. The van der Waals surface area contributed by atoms with Crippen LogP contribution in [0.5, 0.6) is 0 Å². The van der Waals surface area contributed by atoms with Crippen molar-refractivity contribution in [1.82, 2.24) is 5.32 Å². The van der Waals surface area contributed by atoms with Crippen LogP contribution in [-0.4, -0.2) is 32.8 Å². The molecule has 34 heavy (non-hydrogen) atoms. The van der Waals surface area contributed by atoms with Gasteiger partial charge >= 0.3 is 0 Å². The summed E-state index contributed by atoms with van der Waals surface area (Å²) in [7, 11) is -4.17. The summed E-state index contributed by atoms with van der Waals surface area (Å²) in [5.74, 6) is -1.03. The Hall–Kier alpha value is -3.07. The number of amides is 2. The Bertz CT molecular complexity index is 1300. The van der Waals surface area contributed by atoms with Gasteiger partial charge in [-0.3, -0.25) is 13.9 Å². The summed E-state index contributed by atoms with van der Waals surface area (Å²) < 4.78 is 27.8. The van der Waals surface area contributed by atoms with E-state index in [9.17, 15) is 18.0 Å². The number of rotatable bonds is 8. The van der Waals surface area contributed by atoms with E-state index >= 15 is 0 Å². The molecule has 3 rings (SSSR count). The van der Waals surface area contributed by atoms with Crippen molar-refractivity contribution in [1.29, 1.82) is 0 Å². The summed E-state index contributed by atoms with van der Waals surface area (Å²) in [6.45, 7) is 3.04. The quantitative estimate of drug-likeness (QED) is 0.439. The fourth-order valence-electron chi connectivity index (χ4n) is 3.15. The van der Waals surface area contributed by atoms with Crippen molar-refractivity contribution in [2.24, 2.45) is 0 Å². The SMILES string of the molecule is CC(C)NC(=O)c1ccccc1NC(=O)CN(c1cc(Cl)ccc1Cl)S(=O)(=O)c1ccccc1. The summed E-state index contributed by atoms with van der Waals surface area (Å²) in [5.41, 5.74) is 0.557. The van der Waals surface area contributed by atoms with Crippen molar-refractivity contribution in [2.75, 3.05) is 16.2 Å². The molecule has 0 saturated carbocycles. The summed E-state index contributed by atoms with van der Waals surface area (Å²) in [4.78, 5) is 25.6. The second-order valence-electron chi connectivity index (χ2n) is 7.64. The normalized spacial score (nSPS) is 11.2. The van der Waals surface area contributed by atoms with E-state index in [2.05, 4.69) is 10.6 Å². The zero-order valence-electron chi connectivity index (χ0n) is 18.5. The van der Waals surface area contributed by atoms with Gasteiger partial charge in [0.1, 0.15) is 6.54 Å². The Morgan fingerprint density at radius 1 is 0.941 bits per heavy atom. The van der Waals surface area contributed by atoms with Gasteiger partial charge in [0.2, 0.25) is 5.91 Å². The van der Waals surface area contributed by atoms with E-state index in [0.29, 0.717) is 0 Å². The molecule has 0 heterocycles. The molecule has 0 fully saturated rings. The molecule has 178 valence electrons. The predicted octanol–water partition coefficient (Wildman–Crippen LogP) is 4.97. The van der Waals surface area contributed by atoms with E-state index in [1.54, 1.807) is 42.5 Å². The van der Waals surface area contributed by atoms with Gasteiger partial charge in [0.05, 0.1) is 26.9 Å². The Morgan fingerprint density at radius 2 is 1.59 bits per heavy atom. The summed E-state index contributed by atoms with van der Waals surface area (Å²) in [5, 5.41) is 5.77. The Morgan fingerprint density at radius 3 is 2.26 bits per heavy atom.